The summed E-state index contributed by atoms with van der Waals surface area (Å²) >= 11 is 0. The van der Waals surface area contributed by atoms with Crippen LogP contribution < -0.4 is 0 Å². The molecule has 0 saturated heterocycles. The Labute approximate surface area is 769 Å². The zero-order valence-electron chi connectivity index (χ0n) is 73.3. The van der Waals surface area contributed by atoms with Crippen LogP contribution in [-0.4, -0.2) is 162 Å². The Kier molecular flexibility index (Phi) is 27.9. The normalized spacial score (nSPS) is 13.0. The number of carboxylic acids is 10. The quantitative estimate of drug-likeness (QED) is 0.0316. The molecule has 10 aromatic carbocycles. The fourth-order valence-corrected chi connectivity index (χ4v) is 14.8. The molecule has 3 aromatic heterocycles. The van der Waals surface area contributed by atoms with E-state index in [0.717, 1.165) is 44.5 Å². The summed E-state index contributed by atoms with van der Waals surface area (Å²) in [4.78, 5) is 148. The second-order valence-electron chi connectivity index (χ2n) is 29.5. The van der Waals surface area contributed by atoms with Crippen LogP contribution in [-0.2, 0) is 0 Å². The Balaban J connectivity index is 0.000000178. The maximum absolute atomic E-state index is 11.8. The molecule has 8 bridgehead atoms. The van der Waals surface area contributed by atoms with Crippen LogP contribution in [0.5, 0.6) is 0 Å². The molecule has 0 radical (unpaired) electrons. The molecule has 0 spiro atoms. The number of carboxylic acid groups (broad SMARTS) is 10. The average molecular weight is 1830 g/mol. The van der Waals surface area contributed by atoms with Crippen molar-refractivity contribution in [2.24, 2.45) is 9.98 Å². The van der Waals surface area contributed by atoms with E-state index in [1.54, 1.807) is 152 Å². The molecule has 0 amide bonds. The van der Waals surface area contributed by atoms with Gasteiger partial charge in [0, 0.05) is 68.4 Å². The summed E-state index contributed by atoms with van der Waals surface area (Å²) < 4.78 is 19.1. The summed E-state index contributed by atoms with van der Waals surface area (Å²) in [5, 5.41) is 94.2. The number of nitrogens with zero attached hydrogens (tertiary/aromatic N) is 6. The maximum Gasteiger partial charge on any atom is 0.335 e. The summed E-state index contributed by atoms with van der Waals surface area (Å²) in [6, 6.07) is 67.2. The van der Waals surface area contributed by atoms with Gasteiger partial charge in [0.25, 0.3) is 0 Å². The number of nitrogens with one attached hydrogen (secondary N) is 1. The number of fused-ring (bicyclic) bond motifs is 6. The Morgan fingerprint density at radius 1 is 0.286 bits per heavy atom. The fourth-order valence-electron chi connectivity index (χ4n) is 14.8. The van der Waals surface area contributed by atoms with Gasteiger partial charge in [0.15, 0.2) is 0 Å². The number of H-pyrrole nitrogens is 1. The third-order valence-electron chi connectivity index (χ3n) is 21.3. The Bertz CT molecular complexity index is 6710. The molecule has 0 fully saturated rings. The van der Waals surface area contributed by atoms with E-state index in [1.807, 2.05) is 62.4 Å². The number of aromatic amines is 1. The number of benzene rings is 10. The Hall–Kier alpha value is -16.9. The van der Waals surface area contributed by atoms with Gasteiger partial charge in [0.05, 0.1) is 127 Å². The first-order valence-electron chi connectivity index (χ1n) is 41.6. The lowest BCUT2D eigenvalue weighted by molar-refractivity contribution is 0.0686. The SMILES string of the molecule is Cc1nc(-c2ccc(C(=O)O)cc2)c(C)nc1-c1ccc(C(=O)O)cc1.O=C(O)c1ccc(-c2nc(-c3ccc(C(=O)O)cc3)c(-c3ccc(C(=O)O)cc3)nc2-c2ccc(C(=O)O)cc2)cc1.O=C(O)c1ccc(C2=C3C=CC(=C(c4ccc(C(=O)O)cc4)C4=NC(=C(c5ccc(C(=O)O)cc5)c5ccc([nH]5)C(c5ccc(C(=O)O)cc5)=C5C=CC2=N5)C=C4)C3)cc1.[2H]P([2H])C.[3H]C(P)P. The number of hydrogen-bond donors (Lipinski definition) is 11. The first-order chi connectivity index (χ1) is 65.0. The van der Waals surface area contributed by atoms with Crippen molar-refractivity contribution in [1.29, 1.82) is 2.56 Å². The minimum atomic E-state index is -1.12. The number of aromatic carboxylic acids is 10. The highest BCUT2D eigenvalue weighted by molar-refractivity contribution is 7.36. The third-order valence-corrected chi connectivity index (χ3v) is 21.3. The van der Waals surface area contributed by atoms with E-state index in [4.69, 9.17) is 34.1 Å². The van der Waals surface area contributed by atoms with Crippen LogP contribution in [0.2, 0.25) is 0 Å². The van der Waals surface area contributed by atoms with Crippen molar-refractivity contribution in [3.63, 3.8) is 0 Å². The summed E-state index contributed by atoms with van der Waals surface area (Å²) in [5.41, 5.74) is 20.5. The van der Waals surface area contributed by atoms with Gasteiger partial charge in [0.1, 0.15) is 0 Å². The van der Waals surface area contributed by atoms with Gasteiger partial charge in [0.2, 0.25) is 0 Å². The molecule has 3 aliphatic heterocycles. The average Bonchev–Trinajstić information content (AvgIpc) is 1.70. The Morgan fingerprint density at radius 3 is 0.662 bits per heavy atom. The molecule has 30 heteroatoms. The van der Waals surface area contributed by atoms with Crippen molar-refractivity contribution in [2.45, 2.75) is 20.3 Å². The summed E-state index contributed by atoms with van der Waals surface area (Å²) in [6.45, 7) is 5.24. The highest BCUT2D eigenvalue weighted by Crippen LogP contribution is 2.44. The van der Waals surface area contributed by atoms with E-state index in [0.29, 0.717) is 131 Å². The van der Waals surface area contributed by atoms with Crippen LogP contribution in [0, 0.1) is 13.8 Å². The standard InChI is InChI=1S/C49H31N3O8.C32H20N2O8.C20H16N2O4.CH6P2.CH5P/c53-46(54)30-9-1-26(2-10-30)42-34-17-18-35(25-34)43(27-3-11-31(12-4-27)47(55)56)37-20-22-39(51-37)45(29-7-15-33(16-8-29)49(59)60)41-24-23-40(52-41)44(38-21-19-36(42)50-38)28-5-13-32(14-6-28)48(57)58;35-29(36)21-9-1-17(2-10-21)25-26(18-3-11-22(12-4-18)30(37)38)34-28(20-7-15-24(16-8-20)32(41)42)27(33-25)19-5-13-23(14-6-19)31(39)40;1-11-17(13-3-7-15(8-4-13)19(23)24)22-12(2)18(21-11)14-5-9-16(10-6-14)20(25)26;2-1-3;1-2/h1-24,52H,25H2,(H,53,54)(H,55,56)(H,57,58)(H,59,60);1-16H,(H,35,36)(H,37,38)(H,39,40)(H,41,42);3-10H,1-2H3,(H,23,24)(H,25,26);1-3H2;2H2,1H3/i;;;1T;2D2. The third kappa shape index (κ3) is 21.3. The van der Waals surface area contributed by atoms with Crippen LogP contribution in [0.3, 0.4) is 0 Å². The zero-order chi connectivity index (χ0) is 97.6. The Morgan fingerprint density at radius 2 is 0.466 bits per heavy atom. The van der Waals surface area contributed by atoms with Gasteiger partial charge < -0.3 is 56.0 Å². The van der Waals surface area contributed by atoms with E-state index in [1.165, 1.54) is 97.1 Å². The maximum atomic E-state index is 11.8. The number of hydrogen-bond acceptors (Lipinski definition) is 16. The molecule has 13 aromatic rings. The van der Waals surface area contributed by atoms with E-state index in [2.05, 4.69) is 33.4 Å². The number of allylic oxidation sites excluding steroid dienone is 10. The van der Waals surface area contributed by atoms with Gasteiger partial charge in [-0.05, 0) is 217 Å². The monoisotopic (exact) mass is 1830 g/mol. The molecular formula is C103H78N7O20P3. The van der Waals surface area contributed by atoms with Crippen molar-refractivity contribution in [3.8, 4) is 67.5 Å². The lowest BCUT2D eigenvalue weighted by Crippen LogP contribution is -2.04. The highest BCUT2D eigenvalue weighted by Gasteiger charge is 2.30. The van der Waals surface area contributed by atoms with Gasteiger partial charge in [-0.3, -0.25) is 0 Å². The molecule has 0 saturated carbocycles. The van der Waals surface area contributed by atoms with Crippen LogP contribution in [0.15, 0.2) is 324 Å². The molecule has 133 heavy (non-hydrogen) atoms. The second kappa shape index (κ2) is 41.5. The summed E-state index contributed by atoms with van der Waals surface area (Å²) in [5.74, 6) is -10.6. The van der Waals surface area contributed by atoms with E-state index in [-0.39, 0.29) is 61.5 Å². The van der Waals surface area contributed by atoms with Crippen molar-refractivity contribution in [3.05, 3.63) is 414 Å². The molecule has 6 heterocycles. The van der Waals surface area contributed by atoms with Gasteiger partial charge in [-0.2, -0.15) is 0 Å². The second-order valence-corrected chi connectivity index (χ2v) is 31.0. The van der Waals surface area contributed by atoms with Gasteiger partial charge in [-0.15, -0.1) is 27.6 Å². The summed E-state index contributed by atoms with van der Waals surface area (Å²) in [7, 11) is 3.45. The molecule has 17 rings (SSSR count). The molecule has 27 nitrogen and oxygen atoms in total. The summed E-state index contributed by atoms with van der Waals surface area (Å²) in [6.07, 6.45) is 12.0. The molecular weight excluding hydrogens is 1750 g/mol. The number of carbonyl (C=O) groups is 10. The first-order valence-corrected chi connectivity index (χ1v) is 42.4. The van der Waals surface area contributed by atoms with Crippen LogP contribution in [0.25, 0.3) is 89.8 Å². The van der Waals surface area contributed by atoms with E-state index >= 15 is 0 Å². The number of aliphatic imine (C=N–C) groups is 2. The minimum Gasteiger partial charge on any atom is -0.478 e. The lowest BCUT2D eigenvalue weighted by Gasteiger charge is -2.16. The predicted octanol–water partition coefficient (Wildman–Crippen LogP) is 20.2. The van der Waals surface area contributed by atoms with Crippen LogP contribution in [0.4, 0.5) is 0 Å². The first kappa shape index (κ1) is 89.5. The molecule has 4 aliphatic rings. The van der Waals surface area contributed by atoms with Crippen molar-refractivity contribution >= 4 is 121 Å². The van der Waals surface area contributed by atoms with Crippen molar-refractivity contribution in [1.82, 2.24) is 24.9 Å². The largest absolute Gasteiger partial charge is 0.478 e. The number of aromatic nitrogens is 5. The fraction of sp³-hybridized carbons (Fsp3) is 0.0485. The van der Waals surface area contributed by atoms with Crippen molar-refractivity contribution < 1.29 is 100 Å². The van der Waals surface area contributed by atoms with Gasteiger partial charge in [-0.1, -0.05) is 140 Å². The number of aryl methyl sites for hydroxylation is 2. The van der Waals surface area contributed by atoms with Gasteiger partial charge in [-0.25, -0.2) is 77.9 Å². The lowest BCUT2D eigenvalue weighted by atomic mass is 9.91. The van der Waals surface area contributed by atoms with Crippen LogP contribution in [0.1, 0.15) is 156 Å². The number of rotatable bonds is 20. The molecule has 11 N–H and O–H groups in total. The highest BCUT2D eigenvalue weighted by atomic mass is 31.1. The predicted molar refractivity (Wildman–Crippen MR) is 515 cm³/mol. The molecule has 1 aliphatic carbocycles. The topological polar surface area (TPSA) is 465 Å². The van der Waals surface area contributed by atoms with Crippen molar-refractivity contribution in [2.75, 3.05) is 12.5 Å². The minimum absolute atomic E-state index is 0.0682. The zero-order valence-corrected chi connectivity index (χ0v) is 73.5. The van der Waals surface area contributed by atoms with Crippen LogP contribution >= 0.6 is 27.6 Å². The smallest absolute Gasteiger partial charge is 0.335 e. The molecule has 2 unspecified atom stereocenters. The molecule has 2 atom stereocenters. The van der Waals surface area contributed by atoms with Gasteiger partial charge >= 0.3 is 59.7 Å². The molecule has 660 valence electrons. The van der Waals surface area contributed by atoms with E-state index in [9.17, 15) is 88.8 Å². The van der Waals surface area contributed by atoms with E-state index < -0.39 is 68.8 Å².